The van der Waals surface area contributed by atoms with E-state index in [0.29, 0.717) is 11.1 Å². The molecule has 0 radical (unpaired) electrons. The number of benzene rings is 1. The van der Waals surface area contributed by atoms with Gasteiger partial charge in [-0.1, -0.05) is 36.2 Å². The molecule has 0 aliphatic carbocycles. The summed E-state index contributed by atoms with van der Waals surface area (Å²) in [5, 5.41) is 5.01. The van der Waals surface area contributed by atoms with Gasteiger partial charge in [-0.15, -0.1) is 0 Å². The molecule has 0 aliphatic rings. The van der Waals surface area contributed by atoms with E-state index in [0.717, 1.165) is 22.8 Å². The van der Waals surface area contributed by atoms with Crippen molar-refractivity contribution in [1.29, 1.82) is 0 Å². The van der Waals surface area contributed by atoms with Gasteiger partial charge in [0.1, 0.15) is 0 Å². The van der Waals surface area contributed by atoms with Crippen molar-refractivity contribution in [2.75, 3.05) is 12.0 Å². The topological polar surface area (TPSA) is 12.0 Å². The molecule has 0 bridgehead atoms. The van der Waals surface area contributed by atoms with Crippen molar-refractivity contribution in [1.82, 2.24) is 5.32 Å². The first-order chi connectivity index (χ1) is 8.08. The Morgan fingerprint density at radius 3 is 2.59 bits per heavy atom. The molecule has 4 heteroatoms. The van der Waals surface area contributed by atoms with Gasteiger partial charge in [0, 0.05) is 27.9 Å². The van der Waals surface area contributed by atoms with Gasteiger partial charge in [-0.05, 0) is 37.3 Å². The van der Waals surface area contributed by atoms with Crippen LogP contribution in [0.25, 0.3) is 0 Å². The zero-order chi connectivity index (χ0) is 12.8. The molecular weight excluding hydrogens is 273 g/mol. The molecule has 0 saturated carbocycles. The number of nitrogens with one attached hydrogen (secondary N) is 1. The fraction of sp³-hybridized carbons (Fsp3) is 0.538. The Morgan fingerprint density at radius 2 is 2.06 bits per heavy atom. The van der Waals surface area contributed by atoms with E-state index in [2.05, 4.69) is 25.4 Å². The van der Waals surface area contributed by atoms with Crippen molar-refractivity contribution in [3.8, 4) is 0 Å². The van der Waals surface area contributed by atoms with E-state index < -0.39 is 0 Å². The molecule has 17 heavy (non-hydrogen) atoms. The Balaban J connectivity index is 2.71. The summed E-state index contributed by atoms with van der Waals surface area (Å²) in [7, 11) is 0. The second kappa shape index (κ2) is 7.52. The summed E-state index contributed by atoms with van der Waals surface area (Å²) in [6, 6.07) is 6.44. The van der Waals surface area contributed by atoms with E-state index in [1.165, 1.54) is 0 Å². The van der Waals surface area contributed by atoms with Crippen LogP contribution in [0.1, 0.15) is 31.9 Å². The molecule has 1 aromatic rings. The Hall–Kier alpha value is 0.110. The lowest BCUT2D eigenvalue weighted by Gasteiger charge is -2.22. The number of hydrogen-bond acceptors (Lipinski definition) is 2. The number of hydrogen-bond donors (Lipinski definition) is 1. The lowest BCUT2D eigenvalue weighted by Crippen LogP contribution is -2.33. The molecule has 2 atom stereocenters. The second-order valence-corrected chi connectivity index (χ2v) is 5.87. The molecule has 0 heterocycles. The molecule has 1 aromatic carbocycles. The lowest BCUT2D eigenvalue weighted by molar-refractivity contribution is 0.475. The third kappa shape index (κ3) is 4.70. The minimum absolute atomic E-state index is 0.247. The van der Waals surface area contributed by atoms with Crippen LogP contribution >= 0.6 is 35.0 Å². The van der Waals surface area contributed by atoms with Gasteiger partial charge < -0.3 is 5.32 Å². The maximum absolute atomic E-state index is 6.20. The minimum atomic E-state index is 0.247. The van der Waals surface area contributed by atoms with Crippen LogP contribution in [-0.2, 0) is 0 Å². The highest BCUT2D eigenvalue weighted by Gasteiger charge is 2.14. The van der Waals surface area contributed by atoms with Crippen molar-refractivity contribution in [3.63, 3.8) is 0 Å². The standard InChI is InChI=1S/C13H19Cl2NS/c1-4-11(8-17-3)16-9(2)12-6-5-10(14)7-13(12)15/h5-7,9,11,16H,4,8H2,1-3H3. The molecule has 2 unspecified atom stereocenters. The summed E-state index contributed by atoms with van der Waals surface area (Å²) in [5.74, 6) is 1.12. The SMILES string of the molecule is CCC(CSC)NC(C)c1ccc(Cl)cc1Cl. The summed E-state index contributed by atoms with van der Waals surface area (Å²) in [4.78, 5) is 0. The van der Waals surface area contributed by atoms with Crippen LogP contribution in [0.2, 0.25) is 10.0 Å². The fourth-order valence-corrected chi connectivity index (χ4v) is 3.09. The number of halogens is 2. The van der Waals surface area contributed by atoms with Crippen LogP contribution < -0.4 is 5.32 Å². The monoisotopic (exact) mass is 291 g/mol. The Labute approximate surface area is 118 Å². The smallest absolute Gasteiger partial charge is 0.0468 e. The van der Waals surface area contributed by atoms with Crippen molar-refractivity contribution in [3.05, 3.63) is 33.8 Å². The van der Waals surface area contributed by atoms with E-state index in [1.54, 1.807) is 6.07 Å². The van der Waals surface area contributed by atoms with Crippen LogP contribution in [0.15, 0.2) is 18.2 Å². The first-order valence-corrected chi connectivity index (χ1v) is 7.93. The van der Waals surface area contributed by atoms with Gasteiger partial charge in [0.05, 0.1) is 0 Å². The van der Waals surface area contributed by atoms with E-state index in [1.807, 2.05) is 23.9 Å². The van der Waals surface area contributed by atoms with E-state index in [-0.39, 0.29) is 6.04 Å². The van der Waals surface area contributed by atoms with Gasteiger partial charge >= 0.3 is 0 Å². The molecular formula is C13H19Cl2NS. The maximum Gasteiger partial charge on any atom is 0.0468 e. The highest BCUT2D eigenvalue weighted by molar-refractivity contribution is 7.98. The van der Waals surface area contributed by atoms with Gasteiger partial charge in [-0.2, -0.15) is 11.8 Å². The highest BCUT2D eigenvalue weighted by atomic mass is 35.5. The highest BCUT2D eigenvalue weighted by Crippen LogP contribution is 2.26. The molecule has 0 amide bonds. The van der Waals surface area contributed by atoms with Crippen LogP contribution in [0, 0.1) is 0 Å². The molecule has 0 saturated heterocycles. The summed E-state index contributed by atoms with van der Waals surface area (Å²) < 4.78 is 0. The molecule has 96 valence electrons. The molecule has 1 rings (SSSR count). The summed E-state index contributed by atoms with van der Waals surface area (Å²) in [6.45, 7) is 4.34. The quantitative estimate of drug-likeness (QED) is 0.809. The summed E-state index contributed by atoms with van der Waals surface area (Å²) in [6.07, 6.45) is 3.25. The van der Waals surface area contributed by atoms with Gasteiger partial charge in [0.25, 0.3) is 0 Å². The number of rotatable bonds is 6. The molecule has 0 aromatic heterocycles. The van der Waals surface area contributed by atoms with Gasteiger partial charge in [0.2, 0.25) is 0 Å². The van der Waals surface area contributed by atoms with Crippen molar-refractivity contribution >= 4 is 35.0 Å². The molecule has 1 nitrogen and oxygen atoms in total. The molecule has 1 N–H and O–H groups in total. The van der Waals surface area contributed by atoms with Crippen LogP contribution in [0.4, 0.5) is 0 Å². The predicted molar refractivity (Wildman–Crippen MR) is 80.5 cm³/mol. The second-order valence-electron chi connectivity index (χ2n) is 4.11. The fourth-order valence-electron chi connectivity index (χ4n) is 1.78. The summed E-state index contributed by atoms with van der Waals surface area (Å²) >= 11 is 14.0. The van der Waals surface area contributed by atoms with Crippen molar-refractivity contribution < 1.29 is 0 Å². The Morgan fingerprint density at radius 1 is 1.35 bits per heavy atom. The predicted octanol–water partition coefficient (Wildman–Crippen LogP) is 4.79. The Bertz CT molecular complexity index is 357. The maximum atomic E-state index is 6.20. The van der Waals surface area contributed by atoms with Crippen molar-refractivity contribution in [2.24, 2.45) is 0 Å². The average Bonchev–Trinajstić information content (AvgIpc) is 2.28. The lowest BCUT2D eigenvalue weighted by atomic mass is 10.1. The molecule has 0 spiro atoms. The van der Waals surface area contributed by atoms with Gasteiger partial charge in [-0.25, -0.2) is 0 Å². The average molecular weight is 292 g/mol. The van der Waals surface area contributed by atoms with Crippen LogP contribution in [0.5, 0.6) is 0 Å². The minimum Gasteiger partial charge on any atom is -0.307 e. The van der Waals surface area contributed by atoms with Crippen LogP contribution in [-0.4, -0.2) is 18.1 Å². The van der Waals surface area contributed by atoms with E-state index >= 15 is 0 Å². The van der Waals surface area contributed by atoms with Crippen molar-refractivity contribution in [2.45, 2.75) is 32.4 Å². The van der Waals surface area contributed by atoms with Gasteiger partial charge in [-0.3, -0.25) is 0 Å². The molecule has 0 aliphatic heterocycles. The largest absolute Gasteiger partial charge is 0.307 e. The number of thioether (sulfide) groups is 1. The van der Waals surface area contributed by atoms with E-state index in [9.17, 15) is 0 Å². The summed E-state index contributed by atoms with van der Waals surface area (Å²) in [5.41, 5.74) is 1.11. The first-order valence-electron chi connectivity index (χ1n) is 5.78. The zero-order valence-electron chi connectivity index (χ0n) is 10.5. The van der Waals surface area contributed by atoms with Gasteiger partial charge in [0.15, 0.2) is 0 Å². The third-order valence-corrected chi connectivity index (χ3v) is 4.07. The normalized spacial score (nSPS) is 14.6. The molecule has 0 fully saturated rings. The third-order valence-electron chi connectivity index (χ3n) is 2.78. The zero-order valence-corrected chi connectivity index (χ0v) is 12.8. The first kappa shape index (κ1) is 15.2. The van der Waals surface area contributed by atoms with E-state index in [4.69, 9.17) is 23.2 Å². The van der Waals surface area contributed by atoms with Crippen LogP contribution in [0.3, 0.4) is 0 Å². The Kier molecular flexibility index (Phi) is 6.71.